The van der Waals surface area contributed by atoms with E-state index in [1.165, 1.54) is 0 Å². The molecule has 0 aliphatic heterocycles. The molecule has 2 aromatic heterocycles. The number of pyridine rings is 1. The van der Waals surface area contributed by atoms with Gasteiger partial charge in [-0.3, -0.25) is 15.1 Å². The van der Waals surface area contributed by atoms with Crippen LogP contribution in [0.25, 0.3) is 10.9 Å². The van der Waals surface area contributed by atoms with Gasteiger partial charge in [0.2, 0.25) is 5.91 Å². The molecule has 1 saturated carbocycles. The fraction of sp³-hybridized carbons (Fsp3) is 0.444. The summed E-state index contributed by atoms with van der Waals surface area (Å²) in [5.41, 5.74) is 0.0804. The van der Waals surface area contributed by atoms with Crippen molar-refractivity contribution in [3.63, 3.8) is 0 Å². The van der Waals surface area contributed by atoms with Crippen molar-refractivity contribution < 1.29 is 18.7 Å². The van der Waals surface area contributed by atoms with E-state index >= 15 is 0 Å². The van der Waals surface area contributed by atoms with Crippen molar-refractivity contribution in [2.75, 3.05) is 17.7 Å². The zero-order chi connectivity index (χ0) is 26.8. The first kappa shape index (κ1) is 26.1. The number of anilines is 2. The Morgan fingerprint density at radius 2 is 1.92 bits per heavy atom. The van der Waals surface area contributed by atoms with Gasteiger partial charge in [-0.1, -0.05) is 18.9 Å². The van der Waals surface area contributed by atoms with Crippen LogP contribution in [0.4, 0.5) is 16.5 Å². The first-order valence-electron chi connectivity index (χ1n) is 12.3. The van der Waals surface area contributed by atoms with Gasteiger partial charge in [-0.05, 0) is 69.9 Å². The summed E-state index contributed by atoms with van der Waals surface area (Å²) in [5.74, 6) is -0.0912. The minimum atomic E-state index is -0.916. The van der Waals surface area contributed by atoms with Gasteiger partial charge < -0.3 is 19.4 Å². The van der Waals surface area contributed by atoms with Crippen molar-refractivity contribution in [3.8, 4) is 0 Å². The molecule has 0 atom stereocenters. The van der Waals surface area contributed by atoms with Gasteiger partial charge in [-0.15, -0.1) is 0 Å². The SMILES string of the molecule is Cc1c(NC(=O)OC(C)(C)C)ccc2nc(NC3(C(=O)N(C)Cc4cccnc4)CCCC3)oc(=O)c12. The third kappa shape index (κ3) is 5.90. The number of hydrogen-bond donors (Lipinski definition) is 2. The number of nitrogens with one attached hydrogen (secondary N) is 2. The van der Waals surface area contributed by atoms with Crippen molar-refractivity contribution >= 4 is 34.6 Å². The smallest absolute Gasteiger partial charge is 0.412 e. The quantitative estimate of drug-likeness (QED) is 0.495. The molecule has 10 nitrogen and oxygen atoms in total. The molecule has 0 radical (unpaired) electrons. The van der Waals surface area contributed by atoms with Crippen molar-refractivity contribution in [1.82, 2.24) is 14.9 Å². The molecule has 2 N–H and O–H groups in total. The average Bonchev–Trinajstić information content (AvgIpc) is 3.29. The van der Waals surface area contributed by atoms with Gasteiger partial charge in [0.05, 0.1) is 10.9 Å². The summed E-state index contributed by atoms with van der Waals surface area (Å²) in [7, 11) is 1.75. The lowest BCUT2D eigenvalue weighted by Gasteiger charge is -2.33. The lowest BCUT2D eigenvalue weighted by atomic mass is 9.95. The molecule has 0 bridgehead atoms. The van der Waals surface area contributed by atoms with Crippen molar-refractivity contribution in [2.24, 2.45) is 0 Å². The molecule has 37 heavy (non-hydrogen) atoms. The van der Waals surface area contributed by atoms with E-state index in [1.807, 2.05) is 12.1 Å². The molecule has 1 aromatic carbocycles. The van der Waals surface area contributed by atoms with Gasteiger partial charge in [-0.25, -0.2) is 9.59 Å². The Morgan fingerprint density at radius 1 is 1.19 bits per heavy atom. The van der Waals surface area contributed by atoms with Crippen LogP contribution in [0, 0.1) is 6.92 Å². The number of likely N-dealkylation sites (N-methyl/N-ethyl adjacent to an activating group) is 1. The molecule has 2 heterocycles. The van der Waals surface area contributed by atoms with E-state index in [2.05, 4.69) is 20.6 Å². The predicted octanol–water partition coefficient (Wildman–Crippen LogP) is 4.62. The summed E-state index contributed by atoms with van der Waals surface area (Å²) in [6.45, 7) is 7.43. The van der Waals surface area contributed by atoms with Gasteiger partial charge in [0.25, 0.3) is 6.01 Å². The maximum atomic E-state index is 13.6. The molecule has 3 aromatic rings. The molecular formula is C27H33N5O5. The van der Waals surface area contributed by atoms with Crippen LogP contribution >= 0.6 is 0 Å². The number of aryl methyl sites for hydroxylation is 1. The van der Waals surface area contributed by atoms with Gasteiger partial charge in [0.1, 0.15) is 11.1 Å². The second-order valence-corrected chi connectivity index (χ2v) is 10.5. The Balaban J connectivity index is 1.59. The Hall–Kier alpha value is -3.95. The number of carbonyl (C=O) groups excluding carboxylic acids is 2. The highest BCUT2D eigenvalue weighted by Crippen LogP contribution is 2.35. The molecular weight excluding hydrogens is 474 g/mol. The number of fused-ring (bicyclic) bond motifs is 1. The molecule has 196 valence electrons. The van der Waals surface area contributed by atoms with Gasteiger partial charge in [-0.2, -0.15) is 4.98 Å². The van der Waals surface area contributed by atoms with Crippen molar-refractivity contribution in [1.29, 1.82) is 0 Å². The lowest BCUT2D eigenvalue weighted by Crippen LogP contribution is -2.51. The van der Waals surface area contributed by atoms with E-state index in [9.17, 15) is 14.4 Å². The molecule has 1 aliphatic rings. The van der Waals surface area contributed by atoms with Crippen LogP contribution in [0.1, 0.15) is 57.6 Å². The van der Waals surface area contributed by atoms with Gasteiger partial charge in [0, 0.05) is 31.7 Å². The predicted molar refractivity (Wildman–Crippen MR) is 140 cm³/mol. The normalized spacial score (nSPS) is 14.8. The minimum Gasteiger partial charge on any atom is -0.444 e. The summed E-state index contributed by atoms with van der Waals surface area (Å²) in [4.78, 5) is 49.1. The fourth-order valence-corrected chi connectivity index (χ4v) is 4.70. The van der Waals surface area contributed by atoms with E-state index in [0.29, 0.717) is 36.2 Å². The fourth-order valence-electron chi connectivity index (χ4n) is 4.70. The molecule has 1 fully saturated rings. The third-order valence-electron chi connectivity index (χ3n) is 6.40. The summed E-state index contributed by atoms with van der Waals surface area (Å²) in [6.07, 6.45) is 5.75. The molecule has 2 amide bonds. The molecule has 0 unspecified atom stereocenters. The van der Waals surface area contributed by atoms with E-state index in [1.54, 1.807) is 64.2 Å². The highest BCUT2D eigenvalue weighted by molar-refractivity contribution is 5.93. The zero-order valence-electron chi connectivity index (χ0n) is 21.9. The Kier molecular flexibility index (Phi) is 7.20. The average molecular weight is 508 g/mol. The first-order chi connectivity index (χ1) is 17.5. The molecule has 1 aliphatic carbocycles. The Morgan fingerprint density at radius 3 is 2.57 bits per heavy atom. The second kappa shape index (κ2) is 10.2. The molecule has 0 saturated heterocycles. The number of rotatable bonds is 6. The highest BCUT2D eigenvalue weighted by Gasteiger charge is 2.44. The Bertz CT molecular complexity index is 1360. The number of benzene rings is 1. The topological polar surface area (TPSA) is 127 Å². The van der Waals surface area contributed by atoms with Crippen LogP contribution in [0.15, 0.2) is 45.9 Å². The van der Waals surface area contributed by atoms with Crippen LogP contribution < -0.4 is 16.3 Å². The summed E-state index contributed by atoms with van der Waals surface area (Å²) >= 11 is 0. The van der Waals surface area contributed by atoms with Crippen LogP contribution in [0.5, 0.6) is 0 Å². The number of carbonyl (C=O) groups is 2. The van der Waals surface area contributed by atoms with E-state index in [4.69, 9.17) is 9.15 Å². The van der Waals surface area contributed by atoms with Crippen LogP contribution in [-0.4, -0.2) is 45.1 Å². The molecule has 4 rings (SSSR count). The third-order valence-corrected chi connectivity index (χ3v) is 6.40. The maximum absolute atomic E-state index is 13.6. The zero-order valence-corrected chi connectivity index (χ0v) is 21.9. The number of nitrogens with zero attached hydrogens (tertiary/aromatic N) is 3. The van der Waals surface area contributed by atoms with Crippen LogP contribution in [0.3, 0.4) is 0 Å². The van der Waals surface area contributed by atoms with E-state index in [-0.39, 0.29) is 17.3 Å². The van der Waals surface area contributed by atoms with Gasteiger partial charge >= 0.3 is 11.7 Å². The summed E-state index contributed by atoms with van der Waals surface area (Å²) < 4.78 is 10.9. The Labute approximate surface area is 215 Å². The minimum absolute atomic E-state index is 0.00483. The number of amides is 2. The van der Waals surface area contributed by atoms with Gasteiger partial charge in [0.15, 0.2) is 0 Å². The monoisotopic (exact) mass is 507 g/mol. The van der Waals surface area contributed by atoms with Crippen LogP contribution in [-0.2, 0) is 16.1 Å². The lowest BCUT2D eigenvalue weighted by molar-refractivity contribution is -0.135. The van der Waals surface area contributed by atoms with Crippen molar-refractivity contribution in [2.45, 2.75) is 71.1 Å². The summed E-state index contributed by atoms with van der Waals surface area (Å²) in [6, 6.07) is 7.05. The van der Waals surface area contributed by atoms with E-state index in [0.717, 1.165) is 18.4 Å². The number of aromatic nitrogens is 2. The maximum Gasteiger partial charge on any atom is 0.412 e. The van der Waals surface area contributed by atoms with Crippen molar-refractivity contribution in [3.05, 3.63) is 58.2 Å². The highest BCUT2D eigenvalue weighted by atomic mass is 16.6. The van der Waals surface area contributed by atoms with E-state index < -0.39 is 22.9 Å². The largest absolute Gasteiger partial charge is 0.444 e. The summed E-state index contributed by atoms with van der Waals surface area (Å²) in [5, 5.41) is 6.09. The standard InChI is InChI=1S/C27H33N5O5/c1-17-19(30-25(35)37-26(2,3)4)10-11-20-21(17)22(33)36-24(29-20)31-27(12-6-7-13-27)23(34)32(5)16-18-9-8-14-28-15-18/h8-11,14-15H,6-7,12-13,16H2,1-5H3,(H,29,31)(H,30,35). The molecule has 0 spiro atoms. The molecule has 10 heteroatoms. The second-order valence-electron chi connectivity index (χ2n) is 10.5. The number of hydrogen-bond acceptors (Lipinski definition) is 8. The first-order valence-corrected chi connectivity index (χ1v) is 12.3. The number of ether oxygens (including phenoxy) is 1. The van der Waals surface area contributed by atoms with Crippen LogP contribution in [0.2, 0.25) is 0 Å².